The molecule has 4 aliphatic carbocycles. The van der Waals surface area contributed by atoms with E-state index in [4.69, 9.17) is 10.5 Å². The summed E-state index contributed by atoms with van der Waals surface area (Å²) in [5.74, 6) is -9.49. The second kappa shape index (κ2) is 16.6. The normalized spacial score (nSPS) is 24.8. The van der Waals surface area contributed by atoms with Crippen molar-refractivity contribution in [2.45, 2.75) is 100 Å². The summed E-state index contributed by atoms with van der Waals surface area (Å²) < 4.78 is 79.4. The van der Waals surface area contributed by atoms with Crippen LogP contribution in [0.15, 0.2) is 30.5 Å². The van der Waals surface area contributed by atoms with Gasteiger partial charge in [0.25, 0.3) is 11.6 Å². The number of amides is 4. The maximum absolute atomic E-state index is 16.0. The maximum Gasteiger partial charge on any atom is 2.00 e. The van der Waals surface area contributed by atoms with Crippen LogP contribution < -0.4 is 26.7 Å². The van der Waals surface area contributed by atoms with Crippen LogP contribution in [0.3, 0.4) is 0 Å². The number of rotatable bonds is 12. The molecule has 11 nitrogen and oxygen atoms in total. The van der Waals surface area contributed by atoms with Crippen LogP contribution in [0.25, 0.3) is 0 Å². The molecule has 17 heteroatoms. The Morgan fingerprint density at radius 2 is 1.68 bits per heavy atom. The van der Waals surface area contributed by atoms with Gasteiger partial charge in [-0.3, -0.25) is 25.1 Å². The number of benzene rings is 1. The van der Waals surface area contributed by atoms with Crippen LogP contribution >= 0.6 is 0 Å². The van der Waals surface area contributed by atoms with Crippen molar-refractivity contribution in [3.05, 3.63) is 55.2 Å². The molecule has 302 valence electrons. The molecule has 2 atom stereocenters. The number of piperidine rings is 1. The summed E-state index contributed by atoms with van der Waals surface area (Å²) in [6.45, 7) is 2.70. The number of hydrogen-bond donors (Lipinski definition) is 5. The molecule has 2 heterocycles. The van der Waals surface area contributed by atoms with Gasteiger partial charge >= 0.3 is 51.4 Å². The Hall–Kier alpha value is -2.60. The van der Waals surface area contributed by atoms with Gasteiger partial charge in [-0.25, -0.2) is 26.9 Å². The van der Waals surface area contributed by atoms with E-state index in [-0.39, 0.29) is 135 Å². The molecule has 4 amide bonds. The van der Waals surface area contributed by atoms with Gasteiger partial charge in [-0.1, -0.05) is 11.5 Å². The molecule has 4 saturated carbocycles. The molecule has 1 aromatic rings. The number of carbonyl (C=O) groups excluding carboxylic acids is 4. The Morgan fingerprint density at radius 1 is 1.02 bits per heavy atom. The van der Waals surface area contributed by atoms with Gasteiger partial charge in [-0.15, -0.1) is 6.42 Å². The van der Waals surface area contributed by atoms with Gasteiger partial charge in [-0.2, -0.15) is 6.42 Å². The monoisotopic (exact) mass is 865 g/mol. The minimum atomic E-state index is -3.09. The van der Waals surface area contributed by atoms with E-state index in [9.17, 15) is 36.7 Å². The van der Waals surface area contributed by atoms with E-state index in [1.165, 1.54) is 29.2 Å². The predicted molar refractivity (Wildman–Crippen MR) is 198 cm³/mol. The fraction of sp³-hybridized carbons (Fsp3) is 0.615. The number of anilines is 1. The molecule has 2 spiro atoms. The Morgan fingerprint density at radius 3 is 2.20 bits per heavy atom. The van der Waals surface area contributed by atoms with Gasteiger partial charge in [-0.05, 0) is 69.2 Å². The largest absolute Gasteiger partial charge is 2.00 e. The number of nitrogens with zero attached hydrogens (tertiary/aromatic N) is 1. The summed E-state index contributed by atoms with van der Waals surface area (Å²) in [6, 6.07) is 1.41. The minimum absolute atomic E-state index is 0. The Bertz CT molecular complexity index is 1750. The number of nitrogens with two attached hydrogens (primary N) is 1. The van der Waals surface area contributed by atoms with Crippen LogP contribution in [-0.4, -0.2) is 136 Å². The first-order valence-corrected chi connectivity index (χ1v) is 18.7. The molecule has 7 rings (SSSR count). The molecule has 0 radical (unpaired) electrons. The molecule has 0 unspecified atom stereocenters. The van der Waals surface area contributed by atoms with Gasteiger partial charge in [0.15, 0.2) is 0 Å². The zero-order chi connectivity index (χ0) is 38.7. The van der Waals surface area contributed by atoms with Crippen molar-refractivity contribution in [2.24, 2.45) is 22.5 Å². The molecule has 0 aromatic heterocycles. The zero-order valence-electron chi connectivity index (χ0n) is 31.9. The smallest absolute Gasteiger partial charge is 0.404 e. The molecule has 0 bridgehead atoms. The maximum atomic E-state index is 16.0. The first kappa shape index (κ1) is 44.5. The minimum Gasteiger partial charge on any atom is -0.404 e. The Balaban J connectivity index is 0.00000300. The molecule has 1 aromatic carbocycles. The molecular formula is C39H50F5N6O5Sr+. The number of alkyl halides is 4. The fourth-order valence-electron chi connectivity index (χ4n) is 8.70. The van der Waals surface area contributed by atoms with Gasteiger partial charge in [0.2, 0.25) is 23.6 Å². The van der Waals surface area contributed by atoms with Gasteiger partial charge in [0, 0.05) is 49.0 Å². The number of hydrogen-bond acceptors (Lipinski definition) is 6. The average Bonchev–Trinajstić information content (AvgIpc) is 4.04. The number of halogens is 5. The second-order valence-corrected chi connectivity index (χ2v) is 16.3. The SMILES string of the molecule is CC[NH+]=C(/C=C\N)C(=O)N[C@H](C(=O)Nc1ccc(C2([C@@H](NC(=O)C3COC3)C(=O)N3CCC4(CC3)CC4(F)F)CC2)cc1F)[C-]1CC(F)(F)CC2(CC2)C1.[CH3-].[Sr+2]. The molecule has 6 aliphatic rings. The summed E-state index contributed by atoms with van der Waals surface area (Å²) in [4.78, 5) is 58.7. The van der Waals surface area contributed by atoms with Crippen molar-refractivity contribution in [3.63, 3.8) is 0 Å². The van der Waals surface area contributed by atoms with Crippen LogP contribution in [0.1, 0.15) is 76.7 Å². The van der Waals surface area contributed by atoms with Gasteiger partial charge in [0.05, 0.1) is 24.8 Å². The van der Waals surface area contributed by atoms with E-state index in [1.54, 1.807) is 6.92 Å². The van der Waals surface area contributed by atoms with Crippen molar-refractivity contribution in [2.75, 3.05) is 38.2 Å². The fourth-order valence-corrected chi connectivity index (χ4v) is 8.70. The summed E-state index contributed by atoms with van der Waals surface area (Å²) >= 11 is 0. The summed E-state index contributed by atoms with van der Waals surface area (Å²) in [6.07, 6.45) is 3.71. The van der Waals surface area contributed by atoms with E-state index >= 15 is 4.39 Å². The van der Waals surface area contributed by atoms with E-state index in [2.05, 4.69) is 20.9 Å². The van der Waals surface area contributed by atoms with E-state index in [1.807, 2.05) is 0 Å². The summed E-state index contributed by atoms with van der Waals surface area (Å²) in [5.41, 5.74) is 2.91. The zero-order valence-corrected chi connectivity index (χ0v) is 35.4. The third-order valence-electron chi connectivity index (χ3n) is 12.4. The average molecular weight is 865 g/mol. The third kappa shape index (κ3) is 8.86. The standard InChI is InChI=1S/C38H46F5N6O5.CH3.Sr/c1-2-45-27(5-12-44)31(51)47-28(22-16-34(6-7-34)20-37(40,41)17-22)32(52)46-26-4-3-24(15-25(26)39)36(8-9-36)29(48-30(50)23-18-54-19-23)33(53)49-13-10-35(11-14-49)21-38(35,42)43;;/h3-5,12,15,23,28-29H,2,6-11,13-14,16-21,44H2,1H3,(H,46,52)(H,47,51)(H,48,50);1H3;/q2*-1;+2/p+1/b12-5-,45-27?;;/t28-,29-;;/m0../s1. The number of nitrogens with one attached hydrogen (secondary N) is 4. The van der Waals surface area contributed by atoms with Crippen LogP contribution in [0.5, 0.6) is 0 Å². The van der Waals surface area contributed by atoms with Crippen LogP contribution in [0.4, 0.5) is 27.6 Å². The molecule has 2 saturated heterocycles. The number of carbonyl (C=O) groups is 4. The molecular weight excluding hydrogens is 815 g/mol. The quantitative estimate of drug-likeness (QED) is 0.0941. The summed E-state index contributed by atoms with van der Waals surface area (Å²) in [5, 5.41) is 7.94. The predicted octanol–water partition coefficient (Wildman–Crippen LogP) is 2.32. The number of likely N-dealkylation sites (tertiary alicyclic amines) is 1. The van der Waals surface area contributed by atoms with Gasteiger partial charge < -0.3 is 38.7 Å². The summed E-state index contributed by atoms with van der Waals surface area (Å²) in [7, 11) is 0. The molecule has 56 heavy (non-hydrogen) atoms. The Kier molecular flexibility index (Phi) is 13.2. The van der Waals surface area contributed by atoms with Crippen LogP contribution in [0, 0.1) is 35.9 Å². The molecule has 6 fully saturated rings. The van der Waals surface area contributed by atoms with Crippen LogP contribution in [-0.2, 0) is 29.3 Å². The van der Waals surface area contributed by atoms with E-state index in [0.29, 0.717) is 37.8 Å². The van der Waals surface area contributed by atoms with Crippen molar-refractivity contribution >= 4 is 80.5 Å². The first-order valence-electron chi connectivity index (χ1n) is 18.7. The van der Waals surface area contributed by atoms with Crippen LogP contribution in [0.2, 0.25) is 0 Å². The van der Waals surface area contributed by atoms with Crippen molar-refractivity contribution in [1.82, 2.24) is 15.5 Å². The molecule has 6 N–H and O–H groups in total. The van der Waals surface area contributed by atoms with Gasteiger partial charge in [0.1, 0.15) is 18.4 Å². The van der Waals surface area contributed by atoms with Crippen molar-refractivity contribution in [1.29, 1.82) is 0 Å². The van der Waals surface area contributed by atoms with E-state index in [0.717, 1.165) is 6.20 Å². The topological polar surface area (TPSA) is 157 Å². The second-order valence-electron chi connectivity index (χ2n) is 16.3. The molecule has 2 aliphatic heterocycles. The third-order valence-corrected chi connectivity index (χ3v) is 12.4. The van der Waals surface area contributed by atoms with E-state index < -0.39 is 76.1 Å². The first-order chi connectivity index (χ1) is 25.6. The van der Waals surface area contributed by atoms with Crippen molar-refractivity contribution < 1.29 is 50.9 Å². The Labute approximate surface area is 360 Å². The van der Waals surface area contributed by atoms with Crippen molar-refractivity contribution in [3.8, 4) is 0 Å². The number of ether oxygens (including phenoxy) is 1.